The molecule has 7 heteroatoms. The number of benzene rings is 1. The molecule has 1 saturated heterocycles. The number of hydrogen-bond donors (Lipinski definition) is 1. The lowest BCUT2D eigenvalue weighted by Gasteiger charge is -2.32. The van der Waals surface area contributed by atoms with Gasteiger partial charge in [-0.05, 0) is 20.2 Å². The number of hydrogen-bond acceptors (Lipinski definition) is 6. The van der Waals surface area contributed by atoms with Crippen LogP contribution in [0.5, 0.6) is 0 Å². The molecule has 0 amide bonds. The van der Waals surface area contributed by atoms with Crippen LogP contribution in [0.1, 0.15) is 0 Å². The van der Waals surface area contributed by atoms with Gasteiger partial charge in [0.2, 0.25) is 0 Å². The Kier molecular flexibility index (Phi) is 5.75. The van der Waals surface area contributed by atoms with Crippen molar-refractivity contribution in [1.82, 2.24) is 29.7 Å². The van der Waals surface area contributed by atoms with Crippen LogP contribution in [-0.2, 0) is 6.54 Å². The fourth-order valence-corrected chi connectivity index (χ4v) is 3.91. The summed E-state index contributed by atoms with van der Waals surface area (Å²) >= 11 is 0. The Morgan fingerprint density at radius 1 is 1.11 bits per heavy atom. The van der Waals surface area contributed by atoms with E-state index >= 15 is 0 Å². The maximum Gasteiger partial charge on any atom is 0.157 e. The van der Waals surface area contributed by atoms with Gasteiger partial charge in [0.15, 0.2) is 5.82 Å². The second-order valence-corrected chi connectivity index (χ2v) is 7.76. The third kappa shape index (κ3) is 3.83. The Balaban J connectivity index is 1.67. The van der Waals surface area contributed by atoms with Crippen molar-refractivity contribution in [2.45, 2.75) is 6.54 Å². The summed E-state index contributed by atoms with van der Waals surface area (Å²) in [6, 6.07) is 8.41. The number of likely N-dealkylation sites (N-methyl/N-ethyl adjacent to an activating group) is 3. The molecule has 3 aromatic rings. The molecule has 4 rings (SSSR count). The van der Waals surface area contributed by atoms with Gasteiger partial charge >= 0.3 is 0 Å². The zero-order valence-corrected chi connectivity index (χ0v) is 17.2. The molecule has 1 aromatic carbocycles. The monoisotopic (exact) mass is 381 g/mol. The first-order valence-corrected chi connectivity index (χ1v) is 10.2. The summed E-state index contributed by atoms with van der Waals surface area (Å²) < 4.78 is 2.31. The number of nitrogens with zero attached hydrogens (tertiary/aromatic N) is 6. The van der Waals surface area contributed by atoms with Crippen LogP contribution in [0.3, 0.4) is 0 Å². The van der Waals surface area contributed by atoms with Gasteiger partial charge in [0, 0.05) is 64.8 Å². The van der Waals surface area contributed by atoms with Gasteiger partial charge in [-0.25, -0.2) is 9.97 Å². The number of fused-ring (bicyclic) bond motifs is 3. The highest BCUT2D eigenvalue weighted by Gasteiger charge is 2.18. The molecular formula is C21H31N7. The number of aromatic nitrogens is 3. The summed E-state index contributed by atoms with van der Waals surface area (Å²) in [5.74, 6) is 0.960. The van der Waals surface area contributed by atoms with Gasteiger partial charge in [-0.2, -0.15) is 0 Å². The molecule has 0 spiro atoms. The zero-order valence-electron chi connectivity index (χ0n) is 17.2. The zero-order chi connectivity index (χ0) is 19.5. The highest BCUT2D eigenvalue weighted by atomic mass is 15.3. The number of imidazole rings is 1. The van der Waals surface area contributed by atoms with Crippen molar-refractivity contribution in [2.24, 2.45) is 0 Å². The number of nitrogens with one attached hydrogen (secondary N) is 1. The van der Waals surface area contributed by atoms with Gasteiger partial charge in [-0.15, -0.1) is 0 Å². The van der Waals surface area contributed by atoms with E-state index in [0.717, 1.165) is 69.2 Å². The van der Waals surface area contributed by atoms with Crippen molar-refractivity contribution in [1.29, 1.82) is 0 Å². The second kappa shape index (κ2) is 8.43. The summed E-state index contributed by atoms with van der Waals surface area (Å²) in [4.78, 5) is 16.9. The third-order valence-electron chi connectivity index (χ3n) is 5.75. The fourth-order valence-electron chi connectivity index (χ4n) is 3.91. The second-order valence-electron chi connectivity index (χ2n) is 7.76. The minimum Gasteiger partial charge on any atom is -0.357 e. The number of pyridine rings is 1. The molecule has 0 aliphatic carbocycles. The number of piperazine rings is 1. The topological polar surface area (TPSA) is 52.5 Å². The van der Waals surface area contributed by atoms with E-state index in [4.69, 9.17) is 9.97 Å². The number of anilines is 1. The highest BCUT2D eigenvalue weighted by Crippen LogP contribution is 2.30. The van der Waals surface area contributed by atoms with Crippen molar-refractivity contribution in [3.63, 3.8) is 0 Å². The molecule has 0 saturated carbocycles. The quantitative estimate of drug-likeness (QED) is 0.669. The van der Waals surface area contributed by atoms with Gasteiger partial charge in [0.1, 0.15) is 5.52 Å². The smallest absolute Gasteiger partial charge is 0.157 e. The first-order valence-electron chi connectivity index (χ1n) is 10.2. The van der Waals surface area contributed by atoms with Crippen molar-refractivity contribution < 1.29 is 0 Å². The summed E-state index contributed by atoms with van der Waals surface area (Å²) in [6.45, 7) is 8.40. The third-order valence-corrected chi connectivity index (χ3v) is 5.75. The predicted molar refractivity (Wildman–Crippen MR) is 116 cm³/mol. The molecule has 0 unspecified atom stereocenters. The van der Waals surface area contributed by atoms with Crippen LogP contribution in [0.15, 0.2) is 30.6 Å². The molecule has 0 radical (unpaired) electrons. The van der Waals surface area contributed by atoms with Crippen molar-refractivity contribution in [3.05, 3.63) is 30.6 Å². The van der Waals surface area contributed by atoms with E-state index in [-0.39, 0.29) is 0 Å². The minimum atomic E-state index is 0.894. The molecule has 1 aliphatic rings. The maximum atomic E-state index is 4.93. The van der Waals surface area contributed by atoms with Gasteiger partial charge in [-0.3, -0.25) is 4.90 Å². The lowest BCUT2D eigenvalue weighted by molar-refractivity contribution is 0.150. The average Bonchev–Trinajstić information content (AvgIpc) is 3.15. The Morgan fingerprint density at radius 2 is 1.89 bits per heavy atom. The van der Waals surface area contributed by atoms with Gasteiger partial charge in [0.05, 0.1) is 17.4 Å². The van der Waals surface area contributed by atoms with Crippen LogP contribution in [-0.4, -0.2) is 91.3 Å². The summed E-state index contributed by atoms with van der Waals surface area (Å²) in [6.07, 6.45) is 1.99. The molecule has 0 bridgehead atoms. The predicted octanol–water partition coefficient (Wildman–Crippen LogP) is 1.49. The molecule has 1 aliphatic heterocycles. The average molecular weight is 382 g/mol. The molecule has 28 heavy (non-hydrogen) atoms. The largest absolute Gasteiger partial charge is 0.357 e. The van der Waals surface area contributed by atoms with Crippen LogP contribution in [0.2, 0.25) is 0 Å². The number of para-hydroxylation sites is 1. The van der Waals surface area contributed by atoms with E-state index in [0.29, 0.717) is 0 Å². The highest BCUT2D eigenvalue weighted by molar-refractivity contribution is 6.06. The van der Waals surface area contributed by atoms with Gasteiger partial charge < -0.3 is 19.7 Å². The molecule has 150 valence electrons. The first-order chi connectivity index (χ1) is 13.7. The number of rotatable bonds is 7. The molecule has 3 heterocycles. The molecule has 1 fully saturated rings. The Labute approximate surface area is 166 Å². The van der Waals surface area contributed by atoms with Crippen LogP contribution < -0.4 is 10.2 Å². The van der Waals surface area contributed by atoms with Gasteiger partial charge in [0.25, 0.3) is 0 Å². The van der Waals surface area contributed by atoms with Crippen LogP contribution in [0.25, 0.3) is 21.9 Å². The fraction of sp³-hybridized carbons (Fsp3) is 0.524. The van der Waals surface area contributed by atoms with Crippen LogP contribution >= 0.6 is 0 Å². The van der Waals surface area contributed by atoms with E-state index in [1.807, 2.05) is 13.4 Å². The van der Waals surface area contributed by atoms with E-state index in [2.05, 4.69) is 62.9 Å². The summed E-state index contributed by atoms with van der Waals surface area (Å²) in [7, 11) is 6.27. The molecule has 7 nitrogen and oxygen atoms in total. The standard InChI is InChI=1S/C21H31N7/c1-22-8-9-26(3)21-19-20(17-6-4-5-7-18(17)24-21)28(16-23-19)15-14-27-12-10-25(2)11-13-27/h4-7,16,22H,8-15H2,1-3H3. The van der Waals surface area contributed by atoms with Crippen LogP contribution in [0.4, 0.5) is 5.82 Å². The molecule has 0 atom stereocenters. The first kappa shape index (κ1) is 19.1. The lowest BCUT2D eigenvalue weighted by atomic mass is 10.2. The molecular weight excluding hydrogens is 350 g/mol. The normalized spacial score (nSPS) is 16.2. The summed E-state index contributed by atoms with van der Waals surface area (Å²) in [5, 5.41) is 4.39. The van der Waals surface area contributed by atoms with Crippen LogP contribution in [0, 0.1) is 0 Å². The lowest BCUT2D eigenvalue weighted by Crippen LogP contribution is -2.45. The van der Waals surface area contributed by atoms with Crippen molar-refractivity contribution in [3.8, 4) is 0 Å². The van der Waals surface area contributed by atoms with Gasteiger partial charge in [-0.1, -0.05) is 18.2 Å². The van der Waals surface area contributed by atoms with E-state index in [1.165, 1.54) is 10.9 Å². The van der Waals surface area contributed by atoms with E-state index < -0.39 is 0 Å². The maximum absolute atomic E-state index is 4.93. The summed E-state index contributed by atoms with van der Waals surface area (Å²) in [5.41, 5.74) is 3.23. The van der Waals surface area contributed by atoms with E-state index in [1.54, 1.807) is 0 Å². The Hall–Kier alpha value is -2.22. The van der Waals surface area contributed by atoms with Crippen molar-refractivity contribution in [2.75, 3.05) is 71.9 Å². The Morgan fingerprint density at radius 3 is 2.68 bits per heavy atom. The van der Waals surface area contributed by atoms with Crippen molar-refractivity contribution >= 4 is 27.8 Å². The van der Waals surface area contributed by atoms with E-state index in [9.17, 15) is 0 Å². The Bertz CT molecular complexity index is 927. The molecule has 2 aromatic heterocycles. The SMILES string of the molecule is CNCCN(C)c1nc2ccccc2c2c1ncn2CCN1CCN(C)CC1. The molecule has 1 N–H and O–H groups in total. The minimum absolute atomic E-state index is 0.894.